The summed E-state index contributed by atoms with van der Waals surface area (Å²) in [7, 11) is 0. The van der Waals surface area contributed by atoms with Crippen molar-refractivity contribution in [3.63, 3.8) is 0 Å². The van der Waals surface area contributed by atoms with Gasteiger partial charge in [-0.05, 0) is 19.1 Å². The minimum absolute atomic E-state index is 0.0507. The fraction of sp³-hybridized carbons (Fsp3) is 0.333. The number of hydrogen-bond donors (Lipinski definition) is 2. The molecule has 0 bridgehead atoms. The maximum absolute atomic E-state index is 8.67. The zero-order valence-corrected chi connectivity index (χ0v) is 7.03. The second-order valence-corrected chi connectivity index (χ2v) is 2.62. The van der Waals surface area contributed by atoms with Crippen LogP contribution in [0.15, 0.2) is 30.3 Å². The Labute approximate surface area is 71.9 Å². The molecule has 12 heavy (non-hydrogen) atoms. The minimum atomic E-state index is -0.0507. The van der Waals surface area contributed by atoms with Gasteiger partial charge in [0.25, 0.3) is 0 Å². The molecule has 66 valence electrons. The van der Waals surface area contributed by atoms with Gasteiger partial charge in [-0.15, -0.1) is 0 Å². The summed E-state index contributed by atoms with van der Waals surface area (Å²) in [4.78, 5) is 5.15. The molecule has 0 aromatic heterocycles. The standard InChI is InChI=1S/C9H13NO2/c1-8(7-11)10-12-9-5-3-2-4-6-9/h2-6,8,10-11H,7H2,1H3. The Morgan fingerprint density at radius 1 is 1.42 bits per heavy atom. The van der Waals surface area contributed by atoms with Gasteiger partial charge in [-0.25, -0.2) is 0 Å². The number of hydrogen-bond acceptors (Lipinski definition) is 3. The monoisotopic (exact) mass is 167 g/mol. The molecule has 0 saturated carbocycles. The number of nitrogens with one attached hydrogen (secondary N) is 1. The van der Waals surface area contributed by atoms with Crippen molar-refractivity contribution in [2.24, 2.45) is 0 Å². The first kappa shape index (κ1) is 9.03. The molecule has 3 nitrogen and oxygen atoms in total. The average molecular weight is 167 g/mol. The lowest BCUT2D eigenvalue weighted by Gasteiger charge is -2.10. The summed E-state index contributed by atoms with van der Waals surface area (Å²) in [6, 6.07) is 9.34. The van der Waals surface area contributed by atoms with E-state index >= 15 is 0 Å². The van der Waals surface area contributed by atoms with Gasteiger partial charge in [-0.1, -0.05) is 18.2 Å². The van der Waals surface area contributed by atoms with Crippen LogP contribution in [0, 0.1) is 0 Å². The van der Waals surface area contributed by atoms with Crippen LogP contribution in [-0.2, 0) is 0 Å². The fourth-order valence-corrected chi connectivity index (χ4v) is 0.694. The van der Waals surface area contributed by atoms with Gasteiger partial charge < -0.3 is 9.94 Å². The summed E-state index contributed by atoms with van der Waals surface area (Å²) in [5, 5.41) is 8.67. The van der Waals surface area contributed by atoms with Gasteiger partial charge in [-0.2, -0.15) is 5.48 Å². The fourth-order valence-electron chi connectivity index (χ4n) is 0.694. The smallest absolute Gasteiger partial charge is 0.147 e. The van der Waals surface area contributed by atoms with E-state index in [1.807, 2.05) is 37.3 Å². The Morgan fingerprint density at radius 3 is 2.67 bits per heavy atom. The van der Waals surface area contributed by atoms with Crippen molar-refractivity contribution in [3.8, 4) is 5.75 Å². The average Bonchev–Trinajstić information content (AvgIpc) is 2.16. The first-order chi connectivity index (χ1) is 5.83. The summed E-state index contributed by atoms with van der Waals surface area (Å²) >= 11 is 0. The SMILES string of the molecule is CC(CO)NOc1ccccc1. The van der Waals surface area contributed by atoms with Crippen molar-refractivity contribution in [1.29, 1.82) is 0 Å². The molecule has 0 aliphatic carbocycles. The Hall–Kier alpha value is -1.06. The third kappa shape index (κ3) is 2.90. The number of aliphatic hydroxyl groups excluding tert-OH is 1. The Bertz CT molecular complexity index is 213. The molecule has 1 unspecified atom stereocenters. The summed E-state index contributed by atoms with van der Waals surface area (Å²) in [6.07, 6.45) is 0. The second-order valence-electron chi connectivity index (χ2n) is 2.62. The zero-order chi connectivity index (χ0) is 8.81. The number of aliphatic hydroxyl groups is 1. The molecule has 0 amide bonds. The first-order valence-corrected chi connectivity index (χ1v) is 3.91. The van der Waals surface area contributed by atoms with Crippen LogP contribution in [0.25, 0.3) is 0 Å². The van der Waals surface area contributed by atoms with Crippen LogP contribution in [0.2, 0.25) is 0 Å². The maximum Gasteiger partial charge on any atom is 0.147 e. The highest BCUT2D eigenvalue weighted by Gasteiger charge is 1.98. The molecule has 0 saturated heterocycles. The Kier molecular flexibility index (Phi) is 3.57. The van der Waals surface area contributed by atoms with E-state index in [-0.39, 0.29) is 12.6 Å². The number of benzene rings is 1. The molecule has 3 heteroatoms. The molecule has 0 spiro atoms. The molecular weight excluding hydrogens is 154 g/mol. The molecule has 0 aliphatic heterocycles. The Morgan fingerprint density at radius 2 is 2.08 bits per heavy atom. The number of hydroxylamine groups is 1. The van der Waals surface area contributed by atoms with E-state index in [1.165, 1.54) is 0 Å². The van der Waals surface area contributed by atoms with E-state index in [2.05, 4.69) is 5.48 Å². The third-order valence-electron chi connectivity index (χ3n) is 1.40. The molecule has 1 aromatic rings. The molecule has 0 heterocycles. The summed E-state index contributed by atoms with van der Waals surface area (Å²) in [5.74, 6) is 0.748. The van der Waals surface area contributed by atoms with Crippen LogP contribution >= 0.6 is 0 Å². The quantitative estimate of drug-likeness (QED) is 0.656. The van der Waals surface area contributed by atoms with Gasteiger partial charge in [0.1, 0.15) is 5.75 Å². The molecule has 1 atom stereocenters. The second kappa shape index (κ2) is 4.74. The van der Waals surface area contributed by atoms with Crippen molar-refractivity contribution >= 4 is 0 Å². The largest absolute Gasteiger partial charge is 0.408 e. The lowest BCUT2D eigenvalue weighted by molar-refractivity contribution is 0.121. The highest BCUT2D eigenvalue weighted by atomic mass is 16.6. The van der Waals surface area contributed by atoms with Crippen LogP contribution in [0.1, 0.15) is 6.92 Å². The van der Waals surface area contributed by atoms with Crippen molar-refractivity contribution in [2.75, 3.05) is 6.61 Å². The maximum atomic E-state index is 8.67. The first-order valence-electron chi connectivity index (χ1n) is 3.91. The third-order valence-corrected chi connectivity index (χ3v) is 1.40. The van der Waals surface area contributed by atoms with Gasteiger partial charge in [0.2, 0.25) is 0 Å². The molecule has 0 aliphatic rings. The van der Waals surface area contributed by atoms with E-state index in [0.717, 1.165) is 5.75 Å². The van der Waals surface area contributed by atoms with Crippen LogP contribution in [-0.4, -0.2) is 17.8 Å². The van der Waals surface area contributed by atoms with Gasteiger partial charge in [-0.3, -0.25) is 0 Å². The molecule has 1 aromatic carbocycles. The van der Waals surface area contributed by atoms with Crippen molar-refractivity contribution in [3.05, 3.63) is 30.3 Å². The lowest BCUT2D eigenvalue weighted by atomic mass is 10.3. The van der Waals surface area contributed by atoms with Crippen molar-refractivity contribution in [2.45, 2.75) is 13.0 Å². The predicted molar refractivity (Wildman–Crippen MR) is 46.8 cm³/mol. The Balaban J connectivity index is 2.33. The highest BCUT2D eigenvalue weighted by Crippen LogP contribution is 2.06. The van der Waals surface area contributed by atoms with E-state index < -0.39 is 0 Å². The van der Waals surface area contributed by atoms with Crippen molar-refractivity contribution in [1.82, 2.24) is 5.48 Å². The van der Waals surface area contributed by atoms with Crippen LogP contribution in [0.5, 0.6) is 5.75 Å². The van der Waals surface area contributed by atoms with Gasteiger partial charge in [0.05, 0.1) is 12.6 Å². The normalized spacial score (nSPS) is 12.5. The zero-order valence-electron chi connectivity index (χ0n) is 7.03. The minimum Gasteiger partial charge on any atom is -0.408 e. The van der Waals surface area contributed by atoms with E-state index in [9.17, 15) is 0 Å². The van der Waals surface area contributed by atoms with Crippen LogP contribution in [0.4, 0.5) is 0 Å². The summed E-state index contributed by atoms with van der Waals surface area (Å²) < 4.78 is 0. The number of rotatable bonds is 4. The molecule has 0 fully saturated rings. The van der Waals surface area contributed by atoms with Crippen LogP contribution in [0.3, 0.4) is 0 Å². The molecule has 1 rings (SSSR count). The van der Waals surface area contributed by atoms with E-state index in [1.54, 1.807) is 0 Å². The molecular formula is C9H13NO2. The lowest BCUT2D eigenvalue weighted by Crippen LogP contribution is -2.32. The summed E-state index contributed by atoms with van der Waals surface area (Å²) in [6.45, 7) is 1.90. The van der Waals surface area contributed by atoms with E-state index in [4.69, 9.17) is 9.94 Å². The molecule has 2 N–H and O–H groups in total. The van der Waals surface area contributed by atoms with Crippen molar-refractivity contribution < 1.29 is 9.94 Å². The van der Waals surface area contributed by atoms with E-state index in [0.29, 0.717) is 0 Å². The van der Waals surface area contributed by atoms with Gasteiger partial charge in [0.15, 0.2) is 0 Å². The summed E-state index contributed by atoms with van der Waals surface area (Å²) in [5.41, 5.74) is 2.70. The van der Waals surface area contributed by atoms with Gasteiger partial charge >= 0.3 is 0 Å². The highest BCUT2D eigenvalue weighted by molar-refractivity contribution is 5.20. The topological polar surface area (TPSA) is 41.5 Å². The van der Waals surface area contributed by atoms with Crippen LogP contribution < -0.4 is 10.3 Å². The van der Waals surface area contributed by atoms with Gasteiger partial charge in [0, 0.05) is 0 Å². The predicted octanol–water partition coefficient (Wildman–Crippen LogP) is 0.951. The molecule has 0 radical (unpaired) electrons. The number of para-hydroxylation sites is 1.